The minimum atomic E-state index is -0.503. The number of halogens is 1. The number of carbonyl (C=O) groups is 2. The van der Waals surface area contributed by atoms with Gasteiger partial charge < -0.3 is 19.1 Å². The number of fused-ring (bicyclic) bond motifs is 1. The topological polar surface area (TPSA) is 65.1 Å². The monoisotopic (exact) mass is 443 g/mol. The number of esters is 1. The van der Waals surface area contributed by atoms with Gasteiger partial charge in [-0.3, -0.25) is 9.59 Å². The van der Waals surface area contributed by atoms with E-state index in [9.17, 15) is 9.59 Å². The van der Waals surface area contributed by atoms with Crippen molar-refractivity contribution in [3.63, 3.8) is 0 Å². The fourth-order valence-corrected chi connectivity index (χ4v) is 4.36. The number of ether oxygens (including phenoxy) is 3. The molecule has 2 aliphatic heterocycles. The van der Waals surface area contributed by atoms with Gasteiger partial charge in [-0.1, -0.05) is 43.6 Å². The smallest absolute Gasteiger partial charge is 0.311 e. The Hall–Kier alpha value is -2.57. The van der Waals surface area contributed by atoms with Crippen LogP contribution in [0.5, 0.6) is 5.75 Å². The van der Waals surface area contributed by atoms with E-state index in [-0.39, 0.29) is 25.7 Å². The first-order valence-electron chi connectivity index (χ1n) is 10.6. The average Bonchev–Trinajstić information content (AvgIpc) is 3.18. The number of para-hydroxylation sites is 1. The maximum atomic E-state index is 12.8. The van der Waals surface area contributed by atoms with Crippen LogP contribution in [0.25, 0.3) is 0 Å². The lowest BCUT2D eigenvalue weighted by molar-refractivity contribution is -0.149. The van der Waals surface area contributed by atoms with Crippen LogP contribution in [0, 0.1) is 5.92 Å². The van der Waals surface area contributed by atoms with Crippen LogP contribution in [0.2, 0.25) is 5.02 Å². The summed E-state index contributed by atoms with van der Waals surface area (Å²) in [4.78, 5) is 27.2. The van der Waals surface area contributed by atoms with Gasteiger partial charge in [0.15, 0.2) is 6.79 Å². The summed E-state index contributed by atoms with van der Waals surface area (Å²) in [6.07, 6.45) is 1.12. The summed E-state index contributed by atoms with van der Waals surface area (Å²) in [6, 6.07) is 11.4. The largest absolute Gasteiger partial charge is 0.467 e. The Morgan fingerprint density at radius 2 is 2.13 bits per heavy atom. The molecule has 0 aromatic heterocycles. The van der Waals surface area contributed by atoms with E-state index in [0.29, 0.717) is 35.4 Å². The van der Waals surface area contributed by atoms with Gasteiger partial charge in [0.1, 0.15) is 12.4 Å². The summed E-state index contributed by atoms with van der Waals surface area (Å²) in [5, 5.41) is 0.530. The van der Waals surface area contributed by atoms with E-state index in [2.05, 4.69) is 19.9 Å². The van der Waals surface area contributed by atoms with Crippen molar-refractivity contribution in [2.45, 2.75) is 45.8 Å². The first kappa shape index (κ1) is 21.7. The lowest BCUT2D eigenvalue weighted by atomic mass is 9.96. The number of hydrogen-bond acceptors (Lipinski definition) is 5. The Morgan fingerprint density at radius 1 is 1.32 bits per heavy atom. The molecule has 4 rings (SSSR count). The quantitative estimate of drug-likeness (QED) is 0.599. The molecule has 2 atom stereocenters. The second-order valence-electron chi connectivity index (χ2n) is 8.05. The average molecular weight is 444 g/mol. The van der Waals surface area contributed by atoms with Crippen molar-refractivity contribution in [2.75, 3.05) is 18.2 Å². The molecule has 7 heteroatoms. The molecule has 2 heterocycles. The molecule has 1 amide bonds. The number of rotatable bonds is 6. The fourth-order valence-electron chi connectivity index (χ4n) is 4.10. The predicted octanol–water partition coefficient (Wildman–Crippen LogP) is 4.82. The number of benzene rings is 2. The van der Waals surface area contributed by atoms with Crippen LogP contribution in [-0.4, -0.2) is 25.2 Å². The van der Waals surface area contributed by atoms with Gasteiger partial charge in [0.2, 0.25) is 5.91 Å². The molecule has 2 unspecified atom stereocenters. The highest BCUT2D eigenvalue weighted by atomic mass is 35.5. The van der Waals surface area contributed by atoms with Crippen molar-refractivity contribution in [2.24, 2.45) is 5.92 Å². The third kappa shape index (κ3) is 4.55. The maximum absolute atomic E-state index is 12.8. The molecule has 6 nitrogen and oxygen atoms in total. The highest BCUT2D eigenvalue weighted by Crippen LogP contribution is 2.35. The Morgan fingerprint density at radius 3 is 2.94 bits per heavy atom. The molecule has 2 aliphatic rings. The highest BCUT2D eigenvalue weighted by molar-refractivity contribution is 6.30. The zero-order valence-corrected chi connectivity index (χ0v) is 18.5. The van der Waals surface area contributed by atoms with E-state index in [4.69, 9.17) is 25.8 Å². The number of amides is 1. The number of nitrogens with zero attached hydrogens (tertiary/aromatic N) is 1. The third-order valence-electron chi connectivity index (χ3n) is 5.95. The van der Waals surface area contributed by atoms with Gasteiger partial charge in [0.05, 0.1) is 12.5 Å². The molecule has 31 heavy (non-hydrogen) atoms. The Bertz CT molecular complexity index is 992. The molecule has 0 spiro atoms. The summed E-state index contributed by atoms with van der Waals surface area (Å²) in [5.74, 6) is 0.0239. The van der Waals surface area contributed by atoms with Crippen LogP contribution in [0.1, 0.15) is 49.3 Å². The van der Waals surface area contributed by atoms with Gasteiger partial charge in [-0.25, -0.2) is 0 Å². The molecule has 2 aromatic carbocycles. The zero-order chi connectivity index (χ0) is 22.0. The van der Waals surface area contributed by atoms with Crippen molar-refractivity contribution < 1.29 is 23.8 Å². The van der Waals surface area contributed by atoms with E-state index in [1.165, 1.54) is 0 Å². The van der Waals surface area contributed by atoms with Crippen LogP contribution in [0.15, 0.2) is 36.4 Å². The third-order valence-corrected chi connectivity index (χ3v) is 6.17. The first-order chi connectivity index (χ1) is 15.0. The molecular formula is C24H26ClNO5. The minimum absolute atomic E-state index is 0.0376. The van der Waals surface area contributed by atoms with Crippen molar-refractivity contribution in [3.8, 4) is 5.75 Å². The number of hydrogen-bond donors (Lipinski definition) is 0. The maximum Gasteiger partial charge on any atom is 0.311 e. The van der Waals surface area contributed by atoms with Crippen molar-refractivity contribution >= 4 is 29.2 Å². The summed E-state index contributed by atoms with van der Waals surface area (Å²) in [7, 11) is 0. The van der Waals surface area contributed by atoms with Crippen LogP contribution in [-0.2, 0) is 32.3 Å². The Kier molecular flexibility index (Phi) is 6.49. The second-order valence-corrected chi connectivity index (χ2v) is 8.48. The first-order valence-corrected chi connectivity index (χ1v) is 10.9. The van der Waals surface area contributed by atoms with E-state index in [0.717, 1.165) is 23.2 Å². The van der Waals surface area contributed by atoms with Crippen molar-refractivity contribution in [1.29, 1.82) is 0 Å². The zero-order valence-electron chi connectivity index (χ0n) is 17.7. The number of carbonyl (C=O) groups excluding carboxylic acids is 2. The molecule has 164 valence electrons. The van der Waals surface area contributed by atoms with E-state index in [1.807, 2.05) is 18.2 Å². The SMILES string of the molecule is CCC(C)c1ccccc1N1CC(C(=O)OCc2cc(Cl)cc3c2OCOC3)CC1=O. The summed E-state index contributed by atoms with van der Waals surface area (Å²) in [5.41, 5.74) is 3.53. The van der Waals surface area contributed by atoms with Gasteiger partial charge in [-0.05, 0) is 36.1 Å². The predicted molar refractivity (Wildman–Crippen MR) is 117 cm³/mol. The molecule has 0 N–H and O–H groups in total. The highest BCUT2D eigenvalue weighted by Gasteiger charge is 2.37. The van der Waals surface area contributed by atoms with E-state index < -0.39 is 11.9 Å². The number of anilines is 1. The lowest BCUT2D eigenvalue weighted by Gasteiger charge is -2.23. The van der Waals surface area contributed by atoms with E-state index in [1.54, 1.807) is 17.0 Å². The summed E-state index contributed by atoms with van der Waals surface area (Å²) < 4.78 is 16.4. The Balaban J connectivity index is 1.45. The molecule has 0 bridgehead atoms. The van der Waals surface area contributed by atoms with Crippen LogP contribution in [0.3, 0.4) is 0 Å². The molecular weight excluding hydrogens is 418 g/mol. The molecule has 1 fully saturated rings. The van der Waals surface area contributed by atoms with Crippen LogP contribution < -0.4 is 9.64 Å². The van der Waals surface area contributed by atoms with Gasteiger partial charge >= 0.3 is 5.97 Å². The second kappa shape index (κ2) is 9.28. The summed E-state index contributed by atoms with van der Waals surface area (Å²) in [6.45, 7) is 5.18. The normalized spacial score (nSPS) is 19.0. The van der Waals surface area contributed by atoms with Crippen LogP contribution >= 0.6 is 11.6 Å². The molecule has 0 aliphatic carbocycles. The molecule has 0 saturated carbocycles. The van der Waals surface area contributed by atoms with Crippen molar-refractivity contribution in [1.82, 2.24) is 0 Å². The Labute approximate surface area is 187 Å². The van der Waals surface area contributed by atoms with E-state index >= 15 is 0 Å². The van der Waals surface area contributed by atoms with Crippen molar-refractivity contribution in [3.05, 3.63) is 58.1 Å². The van der Waals surface area contributed by atoms with Gasteiger partial charge in [0, 0.05) is 34.8 Å². The molecule has 0 radical (unpaired) electrons. The van der Waals surface area contributed by atoms with Gasteiger partial charge in [-0.2, -0.15) is 0 Å². The standard InChI is InChI=1S/C24H26ClNO5/c1-3-15(2)20-6-4-5-7-21(20)26-11-16(10-22(26)27)24(28)30-13-18-9-19(25)8-17-12-29-14-31-23(17)18/h4-9,15-16H,3,10-14H2,1-2H3. The fraction of sp³-hybridized carbons (Fsp3) is 0.417. The van der Waals surface area contributed by atoms with Gasteiger partial charge in [-0.15, -0.1) is 0 Å². The lowest BCUT2D eigenvalue weighted by Crippen LogP contribution is -2.27. The summed E-state index contributed by atoms with van der Waals surface area (Å²) >= 11 is 6.18. The minimum Gasteiger partial charge on any atom is -0.467 e. The van der Waals surface area contributed by atoms with Crippen LogP contribution in [0.4, 0.5) is 5.69 Å². The molecule has 1 saturated heterocycles. The molecule has 2 aromatic rings. The van der Waals surface area contributed by atoms with Gasteiger partial charge in [0.25, 0.3) is 0 Å².